The zero-order valence-electron chi connectivity index (χ0n) is 7.98. The number of carbonyl (C=O) groups is 1. The number of carboxylic acids is 1. The quantitative estimate of drug-likeness (QED) is 0.767. The molecule has 15 heavy (non-hydrogen) atoms. The minimum Gasteiger partial charge on any atom is -0.480 e. The van der Waals surface area contributed by atoms with Crippen LogP contribution >= 0.6 is 0 Å². The maximum absolute atomic E-state index is 12.6. The lowest BCUT2D eigenvalue weighted by molar-refractivity contribution is -0.139. The molecule has 2 atom stereocenters. The first-order valence-electron chi connectivity index (χ1n) is 4.77. The Morgan fingerprint density at radius 1 is 1.53 bits per heavy atom. The Kier molecular flexibility index (Phi) is 2.64. The van der Waals surface area contributed by atoms with Crippen LogP contribution in [0.1, 0.15) is 24.6 Å². The second-order valence-corrected chi connectivity index (χ2v) is 3.59. The van der Waals surface area contributed by atoms with Gasteiger partial charge in [0.15, 0.2) is 0 Å². The highest BCUT2D eigenvalue weighted by Gasteiger charge is 2.30. The Balaban J connectivity index is 2.07. The summed E-state index contributed by atoms with van der Waals surface area (Å²) in [6, 6.07) is 2.32. The Morgan fingerprint density at radius 3 is 2.87 bits per heavy atom. The zero-order valence-corrected chi connectivity index (χ0v) is 7.98. The molecule has 0 saturated carbocycles. The minimum atomic E-state index is -0.848. The Bertz CT molecular complexity index is 366. The van der Waals surface area contributed by atoms with Gasteiger partial charge in [-0.25, -0.2) is 4.39 Å². The first-order valence-corrected chi connectivity index (χ1v) is 4.77. The van der Waals surface area contributed by atoms with Gasteiger partial charge in [0.2, 0.25) is 0 Å². The van der Waals surface area contributed by atoms with Crippen LogP contribution in [-0.2, 0) is 4.79 Å². The lowest BCUT2D eigenvalue weighted by atomic mass is 10.1. The molecule has 1 fully saturated rings. The third-order valence-corrected chi connectivity index (χ3v) is 2.55. The maximum Gasteiger partial charge on any atom is 0.320 e. The molecular formula is C10H11FN2O2. The lowest BCUT2D eigenvalue weighted by Crippen LogP contribution is -2.32. The van der Waals surface area contributed by atoms with E-state index in [0.29, 0.717) is 12.1 Å². The van der Waals surface area contributed by atoms with Crippen LogP contribution in [0.25, 0.3) is 0 Å². The molecule has 0 bridgehead atoms. The van der Waals surface area contributed by atoms with Crippen LogP contribution in [0.3, 0.4) is 0 Å². The molecule has 2 heterocycles. The van der Waals surface area contributed by atoms with Crippen molar-refractivity contribution >= 4 is 5.97 Å². The monoisotopic (exact) mass is 210 g/mol. The SMILES string of the molecule is O=C(O)[C@H]1CC[C@H](c2ccc(F)cn2)N1. The largest absolute Gasteiger partial charge is 0.480 e. The molecule has 0 aliphatic carbocycles. The van der Waals surface area contributed by atoms with Gasteiger partial charge < -0.3 is 5.11 Å². The van der Waals surface area contributed by atoms with E-state index in [1.807, 2.05) is 0 Å². The molecule has 1 aromatic heterocycles. The summed E-state index contributed by atoms with van der Waals surface area (Å²) >= 11 is 0. The predicted octanol–water partition coefficient (Wildman–Crippen LogP) is 1.10. The van der Waals surface area contributed by atoms with Crippen molar-refractivity contribution in [2.24, 2.45) is 0 Å². The van der Waals surface area contributed by atoms with Crippen LogP contribution in [0.15, 0.2) is 18.3 Å². The number of nitrogens with zero attached hydrogens (tertiary/aromatic N) is 1. The van der Waals surface area contributed by atoms with Crippen molar-refractivity contribution < 1.29 is 14.3 Å². The molecule has 2 N–H and O–H groups in total. The highest BCUT2D eigenvalue weighted by atomic mass is 19.1. The highest BCUT2D eigenvalue weighted by molar-refractivity contribution is 5.73. The third kappa shape index (κ3) is 2.12. The van der Waals surface area contributed by atoms with E-state index < -0.39 is 12.0 Å². The van der Waals surface area contributed by atoms with E-state index >= 15 is 0 Å². The van der Waals surface area contributed by atoms with Crippen molar-refractivity contribution in [1.29, 1.82) is 0 Å². The number of pyridine rings is 1. The van der Waals surface area contributed by atoms with E-state index in [0.717, 1.165) is 12.6 Å². The van der Waals surface area contributed by atoms with Crippen molar-refractivity contribution in [1.82, 2.24) is 10.3 Å². The first kappa shape index (κ1) is 10.0. The Morgan fingerprint density at radius 2 is 2.33 bits per heavy atom. The van der Waals surface area contributed by atoms with Crippen LogP contribution in [0, 0.1) is 5.82 Å². The van der Waals surface area contributed by atoms with Crippen LogP contribution in [0.2, 0.25) is 0 Å². The molecular weight excluding hydrogens is 199 g/mol. The Hall–Kier alpha value is -1.49. The molecule has 4 nitrogen and oxygen atoms in total. The van der Waals surface area contributed by atoms with Crippen molar-refractivity contribution in [2.75, 3.05) is 0 Å². The molecule has 1 saturated heterocycles. The summed E-state index contributed by atoms with van der Waals surface area (Å²) in [5, 5.41) is 11.7. The van der Waals surface area contributed by atoms with E-state index in [-0.39, 0.29) is 11.9 Å². The molecule has 0 unspecified atom stereocenters. The molecule has 0 spiro atoms. The summed E-state index contributed by atoms with van der Waals surface area (Å²) < 4.78 is 12.6. The topological polar surface area (TPSA) is 62.2 Å². The minimum absolute atomic E-state index is 0.0771. The van der Waals surface area contributed by atoms with Crippen LogP contribution in [-0.4, -0.2) is 22.1 Å². The fourth-order valence-electron chi connectivity index (χ4n) is 1.76. The summed E-state index contributed by atoms with van der Waals surface area (Å²) in [6.45, 7) is 0. The molecule has 2 rings (SSSR count). The standard InChI is InChI=1S/C10H11FN2O2/c11-6-1-2-7(12-5-6)8-3-4-9(13-8)10(14)15/h1-2,5,8-9,13H,3-4H2,(H,14,15)/t8-,9-/m1/s1. The highest BCUT2D eigenvalue weighted by Crippen LogP contribution is 2.24. The number of aromatic nitrogens is 1. The van der Waals surface area contributed by atoms with Crippen LogP contribution < -0.4 is 5.32 Å². The molecule has 1 aromatic rings. The van der Waals surface area contributed by atoms with Gasteiger partial charge in [-0.1, -0.05) is 0 Å². The Labute approximate surface area is 86.1 Å². The van der Waals surface area contributed by atoms with Crippen molar-refractivity contribution in [2.45, 2.75) is 24.9 Å². The molecule has 5 heteroatoms. The van der Waals surface area contributed by atoms with Gasteiger partial charge in [0.05, 0.1) is 17.9 Å². The maximum atomic E-state index is 12.6. The molecule has 80 valence electrons. The van der Waals surface area contributed by atoms with Gasteiger partial charge in [-0.3, -0.25) is 15.1 Å². The van der Waals surface area contributed by atoms with Gasteiger partial charge in [-0.05, 0) is 25.0 Å². The van der Waals surface area contributed by atoms with Crippen molar-refractivity contribution in [3.63, 3.8) is 0 Å². The van der Waals surface area contributed by atoms with Gasteiger partial charge in [0.1, 0.15) is 11.9 Å². The smallest absolute Gasteiger partial charge is 0.320 e. The van der Waals surface area contributed by atoms with Gasteiger partial charge in [0, 0.05) is 0 Å². The average Bonchev–Trinajstić information content (AvgIpc) is 2.68. The number of aliphatic carboxylic acids is 1. The summed E-state index contributed by atoms with van der Waals surface area (Å²) in [5.74, 6) is -1.23. The zero-order chi connectivity index (χ0) is 10.8. The van der Waals surface area contributed by atoms with Gasteiger partial charge in [-0.2, -0.15) is 0 Å². The number of carboxylic acid groups (broad SMARTS) is 1. The van der Waals surface area contributed by atoms with E-state index in [1.165, 1.54) is 6.07 Å². The van der Waals surface area contributed by atoms with Crippen molar-refractivity contribution in [3.8, 4) is 0 Å². The number of hydrogen-bond acceptors (Lipinski definition) is 3. The molecule has 1 aliphatic heterocycles. The van der Waals surface area contributed by atoms with Crippen molar-refractivity contribution in [3.05, 3.63) is 29.8 Å². The number of nitrogens with one attached hydrogen (secondary N) is 1. The van der Waals surface area contributed by atoms with E-state index in [9.17, 15) is 9.18 Å². The second-order valence-electron chi connectivity index (χ2n) is 3.59. The van der Waals surface area contributed by atoms with Gasteiger partial charge in [0.25, 0.3) is 0 Å². The van der Waals surface area contributed by atoms with Gasteiger partial charge in [-0.15, -0.1) is 0 Å². The normalized spacial score (nSPS) is 25.4. The van der Waals surface area contributed by atoms with E-state index in [1.54, 1.807) is 6.07 Å². The average molecular weight is 210 g/mol. The summed E-state index contributed by atoms with van der Waals surface area (Å²) in [4.78, 5) is 14.6. The summed E-state index contributed by atoms with van der Waals surface area (Å²) in [7, 11) is 0. The fraction of sp³-hybridized carbons (Fsp3) is 0.400. The first-order chi connectivity index (χ1) is 7.16. The molecule has 1 aliphatic rings. The second kappa shape index (κ2) is 3.94. The number of halogens is 1. The summed E-state index contributed by atoms with van der Waals surface area (Å²) in [5.41, 5.74) is 0.695. The van der Waals surface area contributed by atoms with Gasteiger partial charge >= 0.3 is 5.97 Å². The third-order valence-electron chi connectivity index (χ3n) is 2.55. The van der Waals surface area contributed by atoms with Crippen LogP contribution in [0.4, 0.5) is 4.39 Å². The van der Waals surface area contributed by atoms with E-state index in [4.69, 9.17) is 5.11 Å². The van der Waals surface area contributed by atoms with E-state index in [2.05, 4.69) is 10.3 Å². The molecule has 0 amide bonds. The lowest BCUT2D eigenvalue weighted by Gasteiger charge is -2.10. The number of hydrogen-bond donors (Lipinski definition) is 2. The predicted molar refractivity (Wildman–Crippen MR) is 50.7 cm³/mol. The molecule has 0 aromatic carbocycles. The fourth-order valence-corrected chi connectivity index (χ4v) is 1.76. The summed E-state index contributed by atoms with van der Waals surface area (Å²) in [6.07, 6.45) is 2.44. The van der Waals surface area contributed by atoms with Crippen LogP contribution in [0.5, 0.6) is 0 Å². The number of rotatable bonds is 2. The molecule has 0 radical (unpaired) electrons.